The summed E-state index contributed by atoms with van der Waals surface area (Å²) in [4.78, 5) is 16.8. The van der Waals surface area contributed by atoms with E-state index in [9.17, 15) is 4.79 Å². The first-order valence-electron chi connectivity index (χ1n) is 7.66. The number of nitrogens with zero attached hydrogens (tertiary/aromatic N) is 1. The highest BCUT2D eigenvalue weighted by atomic mass is 79.9. The molecule has 0 aliphatic rings. The molecule has 0 aliphatic heterocycles. The average molecular weight is 401 g/mol. The van der Waals surface area contributed by atoms with Crippen molar-refractivity contribution in [3.8, 4) is 10.6 Å². The lowest BCUT2D eigenvalue weighted by molar-refractivity contribution is -0.121. The van der Waals surface area contributed by atoms with Gasteiger partial charge >= 0.3 is 0 Å². The van der Waals surface area contributed by atoms with Gasteiger partial charge in [-0.2, -0.15) is 0 Å². The van der Waals surface area contributed by atoms with E-state index in [-0.39, 0.29) is 11.9 Å². The summed E-state index contributed by atoms with van der Waals surface area (Å²) in [6.07, 6.45) is 0.296. The van der Waals surface area contributed by atoms with E-state index >= 15 is 0 Å². The Hall–Kier alpha value is -1.98. The normalized spacial score (nSPS) is 11.9. The zero-order valence-electron chi connectivity index (χ0n) is 13.2. The molecule has 5 heteroatoms. The van der Waals surface area contributed by atoms with Gasteiger partial charge in [0.25, 0.3) is 0 Å². The Morgan fingerprint density at radius 2 is 1.88 bits per heavy atom. The van der Waals surface area contributed by atoms with Crippen LogP contribution in [-0.2, 0) is 11.2 Å². The van der Waals surface area contributed by atoms with Crippen molar-refractivity contribution in [2.75, 3.05) is 0 Å². The molecule has 1 heterocycles. The van der Waals surface area contributed by atoms with Crippen LogP contribution in [0.25, 0.3) is 10.6 Å². The number of hydrogen-bond acceptors (Lipinski definition) is 3. The molecule has 2 aromatic carbocycles. The minimum Gasteiger partial charge on any atom is -0.349 e. The summed E-state index contributed by atoms with van der Waals surface area (Å²) in [7, 11) is 0. The Morgan fingerprint density at radius 1 is 1.17 bits per heavy atom. The summed E-state index contributed by atoms with van der Waals surface area (Å²) in [6.45, 7) is 1.98. The van der Waals surface area contributed by atoms with Gasteiger partial charge in [0.1, 0.15) is 5.01 Å². The number of amides is 1. The van der Waals surface area contributed by atoms with E-state index in [0.717, 1.165) is 26.3 Å². The zero-order valence-corrected chi connectivity index (χ0v) is 15.6. The van der Waals surface area contributed by atoms with Gasteiger partial charge in [-0.25, -0.2) is 4.98 Å². The number of thiazole rings is 1. The molecule has 0 fully saturated rings. The van der Waals surface area contributed by atoms with E-state index < -0.39 is 0 Å². The van der Waals surface area contributed by atoms with Crippen LogP contribution in [-0.4, -0.2) is 10.9 Å². The van der Waals surface area contributed by atoms with Gasteiger partial charge in [-0.3, -0.25) is 4.79 Å². The van der Waals surface area contributed by atoms with Crippen molar-refractivity contribution >= 4 is 33.2 Å². The molecule has 1 N–H and O–H groups in total. The Morgan fingerprint density at radius 3 is 2.58 bits per heavy atom. The van der Waals surface area contributed by atoms with Crippen molar-refractivity contribution in [1.29, 1.82) is 0 Å². The third-order valence-corrected chi connectivity index (χ3v) is 5.13. The molecule has 3 rings (SSSR count). The summed E-state index contributed by atoms with van der Waals surface area (Å²) in [6, 6.07) is 17.9. The molecule has 1 atom stereocenters. The van der Waals surface area contributed by atoms with Crippen molar-refractivity contribution in [1.82, 2.24) is 10.3 Å². The lowest BCUT2D eigenvalue weighted by Crippen LogP contribution is -2.28. The number of rotatable bonds is 5. The fraction of sp³-hybridized carbons (Fsp3) is 0.158. The second kappa shape index (κ2) is 7.73. The molecule has 0 aliphatic carbocycles. The zero-order chi connectivity index (χ0) is 16.9. The highest BCUT2D eigenvalue weighted by Crippen LogP contribution is 2.23. The summed E-state index contributed by atoms with van der Waals surface area (Å²) >= 11 is 4.98. The van der Waals surface area contributed by atoms with Crippen LogP contribution in [0.3, 0.4) is 0 Å². The van der Waals surface area contributed by atoms with Crippen molar-refractivity contribution in [2.24, 2.45) is 0 Å². The molecule has 3 nitrogen and oxygen atoms in total. The van der Waals surface area contributed by atoms with Crippen molar-refractivity contribution in [2.45, 2.75) is 19.4 Å². The summed E-state index contributed by atoms with van der Waals surface area (Å²) < 4.78 is 1.03. The van der Waals surface area contributed by atoms with Crippen LogP contribution in [0, 0.1) is 0 Å². The Labute approximate surface area is 153 Å². The third-order valence-electron chi connectivity index (χ3n) is 3.66. The van der Waals surface area contributed by atoms with Crippen molar-refractivity contribution in [3.05, 3.63) is 75.7 Å². The topological polar surface area (TPSA) is 42.0 Å². The van der Waals surface area contributed by atoms with Crippen LogP contribution in [0.15, 0.2) is 64.5 Å². The molecule has 24 heavy (non-hydrogen) atoms. The summed E-state index contributed by atoms with van der Waals surface area (Å²) in [5.74, 6) is -0.0182. The molecule has 0 saturated carbocycles. The Balaban J connectivity index is 1.61. The quantitative estimate of drug-likeness (QED) is 0.654. The molecule has 122 valence electrons. The van der Waals surface area contributed by atoms with Crippen LogP contribution in [0.1, 0.15) is 24.2 Å². The van der Waals surface area contributed by atoms with Gasteiger partial charge in [-0.15, -0.1) is 11.3 Å². The third kappa shape index (κ3) is 4.30. The first kappa shape index (κ1) is 16.9. The second-order valence-electron chi connectivity index (χ2n) is 5.53. The van der Waals surface area contributed by atoms with Crippen molar-refractivity contribution < 1.29 is 4.79 Å². The van der Waals surface area contributed by atoms with Crippen LogP contribution < -0.4 is 5.32 Å². The van der Waals surface area contributed by atoms with Gasteiger partial charge < -0.3 is 5.32 Å². The summed E-state index contributed by atoms with van der Waals surface area (Å²) in [5, 5.41) is 5.92. The number of benzene rings is 2. The average Bonchev–Trinajstić information content (AvgIpc) is 3.04. The minimum atomic E-state index is -0.0298. The molecular weight excluding hydrogens is 384 g/mol. The van der Waals surface area contributed by atoms with Gasteiger partial charge in [-0.1, -0.05) is 58.4 Å². The van der Waals surface area contributed by atoms with Crippen molar-refractivity contribution in [3.63, 3.8) is 0 Å². The number of nitrogens with one attached hydrogen (secondary N) is 1. The molecule has 0 spiro atoms. The maximum absolute atomic E-state index is 12.3. The first-order valence-corrected chi connectivity index (χ1v) is 9.34. The molecule has 3 aromatic rings. The highest BCUT2D eigenvalue weighted by Gasteiger charge is 2.12. The Bertz CT molecular complexity index is 815. The standard InChI is InChI=1S/C19H17BrN2OS/c1-13(14-7-9-16(20)10-8-14)21-18(23)11-17-12-24-19(22-17)15-5-3-2-4-6-15/h2-10,12-13H,11H2,1H3,(H,21,23). The van der Waals surface area contributed by atoms with Gasteiger partial charge in [0, 0.05) is 15.4 Å². The number of hydrogen-bond donors (Lipinski definition) is 1. The van der Waals surface area contributed by atoms with Crippen LogP contribution in [0.5, 0.6) is 0 Å². The number of halogens is 1. The lowest BCUT2D eigenvalue weighted by Gasteiger charge is -2.14. The summed E-state index contributed by atoms with van der Waals surface area (Å²) in [5.41, 5.74) is 2.96. The Kier molecular flexibility index (Phi) is 5.43. The van der Waals surface area contributed by atoms with Crippen LogP contribution in [0.4, 0.5) is 0 Å². The maximum Gasteiger partial charge on any atom is 0.226 e. The molecule has 1 unspecified atom stereocenters. The van der Waals surface area contributed by atoms with Gasteiger partial charge in [0.05, 0.1) is 18.2 Å². The van der Waals surface area contributed by atoms with E-state index in [1.165, 1.54) is 0 Å². The van der Waals surface area contributed by atoms with Gasteiger partial charge in [-0.05, 0) is 24.6 Å². The number of carbonyl (C=O) groups excluding carboxylic acids is 1. The van der Waals surface area contributed by atoms with Crippen LogP contribution >= 0.6 is 27.3 Å². The van der Waals surface area contributed by atoms with Gasteiger partial charge in [0.2, 0.25) is 5.91 Å². The molecule has 1 amide bonds. The van der Waals surface area contributed by atoms with E-state index in [4.69, 9.17) is 0 Å². The second-order valence-corrected chi connectivity index (χ2v) is 7.30. The minimum absolute atomic E-state index is 0.0182. The number of aromatic nitrogens is 1. The smallest absolute Gasteiger partial charge is 0.226 e. The molecule has 0 saturated heterocycles. The van der Waals surface area contributed by atoms with E-state index in [1.54, 1.807) is 11.3 Å². The highest BCUT2D eigenvalue weighted by molar-refractivity contribution is 9.10. The first-order chi connectivity index (χ1) is 11.6. The fourth-order valence-corrected chi connectivity index (χ4v) is 3.48. The largest absolute Gasteiger partial charge is 0.349 e. The monoisotopic (exact) mass is 400 g/mol. The molecular formula is C19H17BrN2OS. The fourth-order valence-electron chi connectivity index (χ4n) is 2.39. The maximum atomic E-state index is 12.3. The van der Waals surface area contributed by atoms with E-state index in [2.05, 4.69) is 26.2 Å². The number of carbonyl (C=O) groups is 1. The SMILES string of the molecule is CC(NC(=O)Cc1csc(-c2ccccc2)n1)c1ccc(Br)cc1. The molecule has 0 bridgehead atoms. The predicted molar refractivity (Wildman–Crippen MR) is 102 cm³/mol. The lowest BCUT2D eigenvalue weighted by atomic mass is 10.1. The van der Waals surface area contributed by atoms with E-state index in [1.807, 2.05) is 66.9 Å². The predicted octanol–water partition coefficient (Wildman–Crippen LogP) is 4.99. The van der Waals surface area contributed by atoms with E-state index in [0.29, 0.717) is 6.42 Å². The van der Waals surface area contributed by atoms with Crippen LogP contribution in [0.2, 0.25) is 0 Å². The van der Waals surface area contributed by atoms with Gasteiger partial charge in [0.15, 0.2) is 0 Å². The molecule has 1 aromatic heterocycles. The molecule has 0 radical (unpaired) electrons.